The number of carbonyl (C=O) groups is 1. The van der Waals surface area contributed by atoms with Crippen LogP contribution in [0.25, 0.3) is 11.4 Å². The number of aromatic nitrogens is 8. The fourth-order valence-electron chi connectivity index (χ4n) is 4.08. The SMILES string of the molecule is CCn1cc(CN2CCN(C(=O)c3ccn(Cn4nnc(-c5ccccc5)n4)n3)CC2)c(C)n1. The van der Waals surface area contributed by atoms with Crippen LogP contribution < -0.4 is 0 Å². The Labute approximate surface area is 197 Å². The van der Waals surface area contributed by atoms with Crippen LogP contribution in [0, 0.1) is 6.92 Å². The average Bonchev–Trinajstić information content (AvgIpc) is 3.61. The second-order valence-electron chi connectivity index (χ2n) is 8.40. The molecule has 0 unspecified atom stereocenters. The molecule has 1 aromatic carbocycles. The van der Waals surface area contributed by atoms with Gasteiger partial charge in [-0.3, -0.25) is 14.4 Å². The number of nitrogens with zero attached hydrogens (tertiary/aromatic N) is 10. The van der Waals surface area contributed by atoms with Crippen molar-refractivity contribution in [3.8, 4) is 11.4 Å². The molecule has 4 heterocycles. The van der Waals surface area contributed by atoms with Gasteiger partial charge in [-0.15, -0.1) is 15.0 Å². The first-order valence-corrected chi connectivity index (χ1v) is 11.5. The third-order valence-electron chi connectivity index (χ3n) is 6.04. The summed E-state index contributed by atoms with van der Waals surface area (Å²) in [5.74, 6) is 0.504. The molecule has 11 nitrogen and oxygen atoms in total. The Bertz CT molecular complexity index is 1250. The minimum atomic E-state index is -0.0510. The Morgan fingerprint density at radius 1 is 0.971 bits per heavy atom. The van der Waals surface area contributed by atoms with Gasteiger partial charge in [-0.25, -0.2) is 4.68 Å². The van der Waals surface area contributed by atoms with Crippen LogP contribution in [0.1, 0.15) is 28.7 Å². The normalized spacial score (nSPS) is 14.6. The largest absolute Gasteiger partial charge is 0.335 e. The summed E-state index contributed by atoms with van der Waals surface area (Å²) < 4.78 is 3.62. The maximum atomic E-state index is 13.0. The van der Waals surface area contributed by atoms with E-state index < -0.39 is 0 Å². The van der Waals surface area contributed by atoms with Crippen molar-refractivity contribution in [3.05, 3.63) is 65.7 Å². The molecule has 0 atom stereocenters. The Hall–Kier alpha value is -3.86. The second kappa shape index (κ2) is 9.56. The quantitative estimate of drug-likeness (QED) is 0.412. The maximum absolute atomic E-state index is 13.0. The van der Waals surface area contributed by atoms with E-state index in [9.17, 15) is 4.79 Å². The third kappa shape index (κ3) is 4.74. The Morgan fingerprint density at radius 2 is 1.76 bits per heavy atom. The first kappa shape index (κ1) is 22.0. The van der Waals surface area contributed by atoms with E-state index in [1.165, 1.54) is 10.4 Å². The summed E-state index contributed by atoms with van der Waals surface area (Å²) in [5, 5.41) is 21.6. The van der Waals surface area contributed by atoms with Crippen LogP contribution in [0.3, 0.4) is 0 Å². The summed E-state index contributed by atoms with van der Waals surface area (Å²) in [6.45, 7) is 9.17. The fraction of sp³-hybridized carbons (Fsp3) is 0.391. The van der Waals surface area contributed by atoms with Crippen molar-refractivity contribution >= 4 is 5.91 Å². The van der Waals surface area contributed by atoms with Gasteiger partial charge >= 0.3 is 0 Å². The molecule has 176 valence electrons. The molecule has 5 rings (SSSR count). The highest BCUT2D eigenvalue weighted by Gasteiger charge is 2.24. The molecule has 0 aliphatic carbocycles. The van der Waals surface area contributed by atoms with Crippen molar-refractivity contribution in [2.24, 2.45) is 0 Å². The summed E-state index contributed by atoms with van der Waals surface area (Å²) in [4.78, 5) is 18.7. The smallest absolute Gasteiger partial charge is 0.274 e. The summed E-state index contributed by atoms with van der Waals surface area (Å²) in [7, 11) is 0. The number of piperazine rings is 1. The molecule has 1 fully saturated rings. The molecule has 11 heteroatoms. The number of hydrogen-bond acceptors (Lipinski definition) is 7. The van der Waals surface area contributed by atoms with Crippen LogP contribution in [0.15, 0.2) is 48.8 Å². The number of aryl methyl sites for hydroxylation is 2. The van der Waals surface area contributed by atoms with Crippen molar-refractivity contribution in [2.45, 2.75) is 33.6 Å². The first-order chi connectivity index (χ1) is 16.6. The summed E-state index contributed by atoms with van der Waals surface area (Å²) in [6, 6.07) is 11.4. The molecule has 1 aliphatic rings. The number of tetrazole rings is 1. The Balaban J connectivity index is 1.15. The highest BCUT2D eigenvalue weighted by molar-refractivity contribution is 5.92. The lowest BCUT2D eigenvalue weighted by molar-refractivity contribution is 0.0621. The van der Waals surface area contributed by atoms with Gasteiger partial charge in [0.05, 0.1) is 5.69 Å². The fourth-order valence-corrected chi connectivity index (χ4v) is 4.08. The third-order valence-corrected chi connectivity index (χ3v) is 6.04. The van der Waals surface area contributed by atoms with Crippen molar-refractivity contribution in [3.63, 3.8) is 0 Å². The van der Waals surface area contributed by atoms with E-state index in [1.807, 2.05) is 39.9 Å². The van der Waals surface area contributed by atoms with E-state index in [4.69, 9.17) is 0 Å². The van der Waals surface area contributed by atoms with Gasteiger partial charge < -0.3 is 4.90 Å². The molecule has 4 aromatic rings. The minimum Gasteiger partial charge on any atom is -0.335 e. The minimum absolute atomic E-state index is 0.0510. The van der Waals surface area contributed by atoms with Gasteiger partial charge in [-0.1, -0.05) is 30.3 Å². The number of hydrogen-bond donors (Lipinski definition) is 0. The molecule has 0 saturated carbocycles. The van der Waals surface area contributed by atoms with Crippen LogP contribution in [0.5, 0.6) is 0 Å². The van der Waals surface area contributed by atoms with E-state index >= 15 is 0 Å². The zero-order valence-corrected chi connectivity index (χ0v) is 19.4. The highest BCUT2D eigenvalue weighted by Crippen LogP contribution is 2.14. The topological polar surface area (TPSA) is 103 Å². The molecule has 1 saturated heterocycles. The first-order valence-electron chi connectivity index (χ1n) is 11.5. The lowest BCUT2D eigenvalue weighted by Gasteiger charge is -2.34. The number of amides is 1. The van der Waals surface area contributed by atoms with Gasteiger partial charge in [0.25, 0.3) is 5.91 Å². The molecular weight excluding hydrogens is 432 g/mol. The molecule has 0 spiro atoms. The Kier molecular flexibility index (Phi) is 6.17. The van der Waals surface area contributed by atoms with Crippen molar-refractivity contribution in [1.82, 2.24) is 49.6 Å². The van der Waals surface area contributed by atoms with Gasteiger partial charge in [0.2, 0.25) is 5.82 Å². The molecule has 1 aliphatic heterocycles. The standard InChI is InChI=1S/C23H28N10O/c1-3-31-16-20(18(2)25-31)15-29-11-13-30(14-12-29)23(34)21-9-10-32(26-21)17-33-27-22(24-28-33)19-7-5-4-6-8-19/h4-10,16H,3,11-15,17H2,1-2H3. The lowest BCUT2D eigenvalue weighted by Crippen LogP contribution is -2.48. The van der Waals surface area contributed by atoms with Gasteiger partial charge in [0, 0.05) is 62.8 Å². The van der Waals surface area contributed by atoms with Gasteiger partial charge in [0.15, 0.2) is 6.67 Å². The second-order valence-corrected chi connectivity index (χ2v) is 8.40. The predicted octanol–water partition coefficient (Wildman–Crippen LogP) is 1.53. The van der Waals surface area contributed by atoms with Crippen LogP contribution in [-0.4, -0.2) is 81.7 Å². The number of carbonyl (C=O) groups excluding carboxylic acids is 1. The molecular formula is C23H28N10O. The number of rotatable bonds is 7. The van der Waals surface area contributed by atoms with Crippen molar-refractivity contribution < 1.29 is 4.79 Å². The van der Waals surface area contributed by atoms with Gasteiger partial charge in [-0.05, 0) is 25.1 Å². The molecule has 0 N–H and O–H groups in total. The highest BCUT2D eigenvalue weighted by atomic mass is 16.2. The summed E-state index contributed by atoms with van der Waals surface area (Å²) >= 11 is 0. The zero-order valence-electron chi connectivity index (χ0n) is 19.4. The van der Waals surface area contributed by atoms with E-state index in [1.54, 1.807) is 16.9 Å². The predicted molar refractivity (Wildman–Crippen MR) is 125 cm³/mol. The molecule has 0 bridgehead atoms. The van der Waals surface area contributed by atoms with Crippen LogP contribution in [0.4, 0.5) is 0 Å². The molecule has 34 heavy (non-hydrogen) atoms. The average molecular weight is 461 g/mol. The monoisotopic (exact) mass is 460 g/mol. The summed E-state index contributed by atoms with van der Waals surface area (Å²) in [6.07, 6.45) is 3.88. The molecule has 1 amide bonds. The van der Waals surface area contributed by atoms with Crippen LogP contribution in [-0.2, 0) is 19.8 Å². The van der Waals surface area contributed by atoms with E-state index in [0.717, 1.165) is 37.4 Å². The molecule has 3 aromatic heterocycles. The van der Waals surface area contributed by atoms with Gasteiger partial charge in [0.1, 0.15) is 5.69 Å². The van der Waals surface area contributed by atoms with Crippen molar-refractivity contribution in [1.29, 1.82) is 0 Å². The zero-order chi connectivity index (χ0) is 23.5. The molecule has 0 radical (unpaired) electrons. The summed E-state index contributed by atoms with van der Waals surface area (Å²) in [5.41, 5.74) is 3.65. The van der Waals surface area contributed by atoms with E-state index in [-0.39, 0.29) is 12.6 Å². The lowest BCUT2D eigenvalue weighted by atomic mass is 10.2. The van der Waals surface area contributed by atoms with Gasteiger partial charge in [-0.2, -0.15) is 10.2 Å². The maximum Gasteiger partial charge on any atom is 0.274 e. The van der Waals surface area contributed by atoms with E-state index in [0.29, 0.717) is 24.6 Å². The Morgan fingerprint density at radius 3 is 2.50 bits per heavy atom. The van der Waals surface area contributed by atoms with E-state index in [2.05, 4.69) is 50.6 Å². The van der Waals surface area contributed by atoms with Crippen molar-refractivity contribution in [2.75, 3.05) is 26.2 Å². The van der Waals surface area contributed by atoms with Crippen LogP contribution >= 0.6 is 0 Å². The van der Waals surface area contributed by atoms with Crippen LogP contribution in [0.2, 0.25) is 0 Å². The number of benzene rings is 1.